The molecule has 0 aromatic rings. The Morgan fingerprint density at radius 3 is 2.70 bits per heavy atom. The Balaban J connectivity index is 2.36. The molecule has 1 saturated heterocycles. The molecule has 10 heavy (non-hydrogen) atoms. The van der Waals surface area contributed by atoms with E-state index in [-0.39, 0.29) is 0 Å². The second-order valence-electron chi connectivity index (χ2n) is 3.42. The molecule has 0 amide bonds. The minimum atomic E-state index is 0.746. The molecule has 0 aromatic carbocycles. The fraction of sp³-hybridized carbons (Fsp3) is 1.00. The van der Waals surface area contributed by atoms with Crippen molar-refractivity contribution in [2.45, 2.75) is 19.4 Å². The van der Waals surface area contributed by atoms with E-state index in [0.717, 1.165) is 12.0 Å². The molecule has 1 fully saturated rings. The zero-order valence-electron chi connectivity index (χ0n) is 7.22. The highest BCUT2D eigenvalue weighted by molar-refractivity contribution is 4.79. The highest BCUT2D eigenvalue weighted by Gasteiger charge is 2.21. The Labute approximate surface area is 63.6 Å². The van der Waals surface area contributed by atoms with Gasteiger partial charge in [-0.2, -0.15) is 0 Å². The van der Waals surface area contributed by atoms with Crippen LogP contribution >= 0.6 is 0 Å². The topological polar surface area (TPSA) is 15.3 Å². The standard InChI is InChI=1S/C8H18N2/c1-7-6-10(3)5-4-8(7)9-2/h7-9H,4-6H2,1-3H3/t7-,8-/m0/s1. The predicted molar refractivity (Wildman–Crippen MR) is 44.1 cm³/mol. The molecule has 0 radical (unpaired) electrons. The molecule has 1 rings (SSSR count). The van der Waals surface area contributed by atoms with Crippen LogP contribution in [0.2, 0.25) is 0 Å². The van der Waals surface area contributed by atoms with Gasteiger partial charge in [-0.3, -0.25) is 0 Å². The third-order valence-electron chi connectivity index (χ3n) is 2.48. The van der Waals surface area contributed by atoms with Crippen LogP contribution in [0.15, 0.2) is 0 Å². The zero-order valence-corrected chi connectivity index (χ0v) is 7.22. The van der Waals surface area contributed by atoms with Crippen LogP contribution in [0.1, 0.15) is 13.3 Å². The van der Waals surface area contributed by atoms with Crippen LogP contribution in [-0.4, -0.2) is 38.1 Å². The maximum Gasteiger partial charge on any atom is 0.0114 e. The first-order chi connectivity index (χ1) is 4.74. The van der Waals surface area contributed by atoms with Crippen molar-refractivity contribution in [3.05, 3.63) is 0 Å². The summed E-state index contributed by atoms with van der Waals surface area (Å²) in [6.45, 7) is 4.80. The molecule has 2 nitrogen and oxygen atoms in total. The fourth-order valence-corrected chi connectivity index (χ4v) is 1.78. The van der Waals surface area contributed by atoms with Crippen LogP contribution in [0.25, 0.3) is 0 Å². The molecule has 2 atom stereocenters. The average Bonchev–Trinajstić information content (AvgIpc) is 1.88. The number of rotatable bonds is 1. The van der Waals surface area contributed by atoms with Crippen LogP contribution in [0.5, 0.6) is 0 Å². The van der Waals surface area contributed by atoms with Gasteiger partial charge in [0.15, 0.2) is 0 Å². The first-order valence-corrected chi connectivity index (χ1v) is 4.10. The predicted octanol–water partition coefficient (Wildman–Crippen LogP) is 0.546. The van der Waals surface area contributed by atoms with E-state index in [4.69, 9.17) is 0 Å². The van der Waals surface area contributed by atoms with E-state index in [9.17, 15) is 0 Å². The van der Waals surface area contributed by atoms with Crippen molar-refractivity contribution in [1.29, 1.82) is 0 Å². The number of hydrogen-bond donors (Lipinski definition) is 1. The van der Waals surface area contributed by atoms with E-state index in [1.54, 1.807) is 0 Å². The molecule has 60 valence electrons. The van der Waals surface area contributed by atoms with Crippen molar-refractivity contribution in [2.24, 2.45) is 5.92 Å². The van der Waals surface area contributed by atoms with Crippen molar-refractivity contribution >= 4 is 0 Å². The first kappa shape index (κ1) is 8.02. The van der Waals surface area contributed by atoms with Gasteiger partial charge in [-0.1, -0.05) is 6.92 Å². The lowest BCUT2D eigenvalue weighted by atomic mass is 9.95. The van der Waals surface area contributed by atoms with Gasteiger partial charge in [0.25, 0.3) is 0 Å². The first-order valence-electron chi connectivity index (χ1n) is 4.10. The molecule has 0 bridgehead atoms. The van der Waals surface area contributed by atoms with Gasteiger partial charge >= 0.3 is 0 Å². The Morgan fingerprint density at radius 1 is 1.50 bits per heavy atom. The van der Waals surface area contributed by atoms with E-state index >= 15 is 0 Å². The zero-order chi connectivity index (χ0) is 7.56. The number of hydrogen-bond acceptors (Lipinski definition) is 2. The van der Waals surface area contributed by atoms with E-state index in [2.05, 4.69) is 31.2 Å². The summed E-state index contributed by atoms with van der Waals surface area (Å²) in [5.41, 5.74) is 0. The molecule has 0 saturated carbocycles. The smallest absolute Gasteiger partial charge is 0.0114 e. The Kier molecular flexibility index (Phi) is 2.69. The van der Waals surface area contributed by atoms with Gasteiger partial charge < -0.3 is 10.2 Å². The Hall–Kier alpha value is -0.0800. The van der Waals surface area contributed by atoms with Gasteiger partial charge in [-0.15, -0.1) is 0 Å². The van der Waals surface area contributed by atoms with Gasteiger partial charge in [-0.25, -0.2) is 0 Å². The number of likely N-dealkylation sites (tertiary alicyclic amines) is 1. The maximum atomic E-state index is 3.35. The Bertz CT molecular complexity index is 103. The van der Waals surface area contributed by atoms with Crippen LogP contribution in [-0.2, 0) is 0 Å². The van der Waals surface area contributed by atoms with Gasteiger partial charge in [0.05, 0.1) is 0 Å². The summed E-state index contributed by atoms with van der Waals surface area (Å²) >= 11 is 0. The molecular weight excluding hydrogens is 124 g/mol. The minimum Gasteiger partial charge on any atom is -0.317 e. The number of piperidine rings is 1. The quantitative estimate of drug-likeness (QED) is 0.575. The summed E-state index contributed by atoms with van der Waals surface area (Å²) in [7, 11) is 4.26. The molecule has 1 aliphatic rings. The largest absolute Gasteiger partial charge is 0.317 e. The van der Waals surface area contributed by atoms with Gasteiger partial charge in [-0.05, 0) is 33.0 Å². The van der Waals surface area contributed by atoms with Crippen LogP contribution in [0.3, 0.4) is 0 Å². The second-order valence-corrected chi connectivity index (χ2v) is 3.42. The normalized spacial score (nSPS) is 36.3. The SMILES string of the molecule is CN[C@H]1CCN(C)C[C@@H]1C. The molecule has 1 heterocycles. The average molecular weight is 142 g/mol. The lowest BCUT2D eigenvalue weighted by Crippen LogP contribution is -2.45. The molecular formula is C8H18N2. The van der Waals surface area contributed by atoms with Gasteiger partial charge in [0.2, 0.25) is 0 Å². The van der Waals surface area contributed by atoms with Crippen molar-refractivity contribution in [1.82, 2.24) is 10.2 Å². The van der Waals surface area contributed by atoms with Gasteiger partial charge in [0, 0.05) is 12.6 Å². The summed E-state index contributed by atoms with van der Waals surface area (Å²) in [6.07, 6.45) is 1.30. The maximum absolute atomic E-state index is 3.35. The number of nitrogens with one attached hydrogen (secondary N) is 1. The monoisotopic (exact) mass is 142 g/mol. The van der Waals surface area contributed by atoms with Crippen LogP contribution in [0.4, 0.5) is 0 Å². The van der Waals surface area contributed by atoms with Crippen LogP contribution < -0.4 is 5.32 Å². The Morgan fingerprint density at radius 2 is 2.20 bits per heavy atom. The summed E-state index contributed by atoms with van der Waals surface area (Å²) in [5, 5.41) is 3.35. The fourth-order valence-electron chi connectivity index (χ4n) is 1.78. The molecule has 1 aliphatic heterocycles. The van der Waals surface area contributed by atoms with Crippen molar-refractivity contribution in [2.75, 3.05) is 27.2 Å². The lowest BCUT2D eigenvalue weighted by Gasteiger charge is -2.34. The summed E-state index contributed by atoms with van der Waals surface area (Å²) in [4.78, 5) is 2.40. The lowest BCUT2D eigenvalue weighted by molar-refractivity contribution is 0.180. The molecule has 1 N–H and O–H groups in total. The minimum absolute atomic E-state index is 0.746. The highest BCUT2D eigenvalue weighted by atomic mass is 15.1. The van der Waals surface area contributed by atoms with Crippen molar-refractivity contribution in [3.63, 3.8) is 0 Å². The van der Waals surface area contributed by atoms with E-state index in [1.807, 2.05) is 0 Å². The van der Waals surface area contributed by atoms with Crippen LogP contribution in [0, 0.1) is 5.92 Å². The summed E-state index contributed by atoms with van der Waals surface area (Å²) in [6, 6.07) is 0.746. The molecule has 0 spiro atoms. The third kappa shape index (κ3) is 1.70. The highest BCUT2D eigenvalue weighted by Crippen LogP contribution is 2.14. The van der Waals surface area contributed by atoms with E-state index < -0.39 is 0 Å². The number of nitrogens with zero attached hydrogens (tertiary/aromatic N) is 1. The van der Waals surface area contributed by atoms with Crippen molar-refractivity contribution < 1.29 is 0 Å². The van der Waals surface area contributed by atoms with E-state index in [1.165, 1.54) is 19.5 Å². The summed E-state index contributed by atoms with van der Waals surface area (Å²) in [5.74, 6) is 0.809. The molecule has 0 unspecified atom stereocenters. The molecule has 2 heteroatoms. The third-order valence-corrected chi connectivity index (χ3v) is 2.48. The van der Waals surface area contributed by atoms with E-state index in [0.29, 0.717) is 0 Å². The molecule has 0 aliphatic carbocycles. The van der Waals surface area contributed by atoms with Crippen molar-refractivity contribution in [3.8, 4) is 0 Å². The second kappa shape index (κ2) is 3.35. The molecule has 0 aromatic heterocycles. The van der Waals surface area contributed by atoms with Gasteiger partial charge in [0.1, 0.15) is 0 Å². The summed E-state index contributed by atoms with van der Waals surface area (Å²) < 4.78 is 0.